The lowest BCUT2D eigenvalue weighted by molar-refractivity contribution is -0.153. The molecule has 1 amide bonds. The van der Waals surface area contributed by atoms with Gasteiger partial charge in [0.1, 0.15) is 23.7 Å². The van der Waals surface area contributed by atoms with Crippen molar-refractivity contribution in [3.05, 3.63) is 71.8 Å². The number of carbonyl (C=O) groups is 2. The number of amidine groups is 1. The molecule has 1 aliphatic heterocycles. The summed E-state index contributed by atoms with van der Waals surface area (Å²) < 4.78 is 36.7. The number of nitrogens with two attached hydrogens (primary N) is 1. The van der Waals surface area contributed by atoms with Gasteiger partial charge in [-0.3, -0.25) is 18.7 Å². The van der Waals surface area contributed by atoms with Gasteiger partial charge in [0.15, 0.2) is 0 Å². The number of nitrogens with one attached hydrogen (secondary N) is 1. The summed E-state index contributed by atoms with van der Waals surface area (Å²) in [5.74, 6) is -0.652. The minimum Gasteiger partial charge on any atom is -0.755 e. The smallest absolute Gasteiger partial charge is 0.329 e. The van der Waals surface area contributed by atoms with E-state index in [1.807, 2.05) is 24.3 Å². The third-order valence-corrected chi connectivity index (χ3v) is 7.35. The van der Waals surface area contributed by atoms with E-state index in [4.69, 9.17) is 20.6 Å². The fourth-order valence-electron chi connectivity index (χ4n) is 4.74. The van der Waals surface area contributed by atoms with Gasteiger partial charge >= 0.3 is 5.97 Å². The molecule has 3 N–H and O–H groups in total. The maximum atomic E-state index is 13.7. The molecule has 0 aromatic heterocycles. The minimum absolute atomic E-state index is 0.0768. The second-order valence-electron chi connectivity index (χ2n) is 8.83. The number of nitrogen functional groups attached to an aromatic ring is 1. The third-order valence-electron chi connectivity index (χ3n) is 6.57. The Kier molecular flexibility index (Phi) is 8.28. The zero-order valence-corrected chi connectivity index (χ0v) is 21.9. The number of rotatable bonds is 10. The molecule has 0 aliphatic carbocycles. The molecule has 1 saturated heterocycles. The molecule has 0 saturated carbocycles. The van der Waals surface area contributed by atoms with Crippen molar-refractivity contribution in [3.63, 3.8) is 0 Å². The summed E-state index contributed by atoms with van der Waals surface area (Å²) in [4.78, 5) is 28.0. The van der Waals surface area contributed by atoms with Gasteiger partial charge in [-0.05, 0) is 30.4 Å². The number of ether oxygens (including phenoxy) is 2. The van der Waals surface area contributed by atoms with Crippen molar-refractivity contribution in [2.24, 2.45) is 5.73 Å². The SMILES string of the molecule is CCOC(=O)C(Cc1ccc(C(=N)N)cc1)N1CCC(N(c2cc(OC)c3ccccc3c2)S(=O)[O-])C1=O. The highest BCUT2D eigenvalue weighted by molar-refractivity contribution is 7.80. The molecule has 4 rings (SSSR count). The van der Waals surface area contributed by atoms with Crippen LogP contribution in [0, 0.1) is 5.41 Å². The summed E-state index contributed by atoms with van der Waals surface area (Å²) in [6.07, 6.45) is 0.362. The lowest BCUT2D eigenvalue weighted by Crippen LogP contribution is -2.49. The van der Waals surface area contributed by atoms with Gasteiger partial charge < -0.3 is 24.7 Å². The van der Waals surface area contributed by atoms with Gasteiger partial charge in [0, 0.05) is 41.2 Å². The van der Waals surface area contributed by atoms with Crippen molar-refractivity contribution < 1.29 is 27.8 Å². The van der Waals surface area contributed by atoms with E-state index in [1.165, 1.54) is 12.0 Å². The zero-order chi connectivity index (χ0) is 27.4. The molecule has 0 radical (unpaired) electrons. The summed E-state index contributed by atoms with van der Waals surface area (Å²) >= 11 is -2.77. The Bertz CT molecular complexity index is 1380. The number of esters is 1. The number of carbonyl (C=O) groups excluding carboxylic acids is 2. The molecule has 11 heteroatoms. The van der Waals surface area contributed by atoms with Crippen LogP contribution in [-0.2, 0) is 32.0 Å². The zero-order valence-electron chi connectivity index (χ0n) is 21.1. The highest BCUT2D eigenvalue weighted by atomic mass is 32.2. The fourth-order valence-corrected chi connectivity index (χ4v) is 5.42. The van der Waals surface area contributed by atoms with Gasteiger partial charge in [-0.2, -0.15) is 0 Å². The first-order chi connectivity index (χ1) is 18.2. The van der Waals surface area contributed by atoms with Gasteiger partial charge in [-0.1, -0.05) is 48.5 Å². The van der Waals surface area contributed by atoms with Gasteiger partial charge in [-0.15, -0.1) is 0 Å². The Morgan fingerprint density at radius 1 is 1.24 bits per heavy atom. The fraction of sp³-hybridized carbons (Fsp3) is 0.296. The molecule has 3 aromatic carbocycles. The van der Waals surface area contributed by atoms with E-state index in [-0.39, 0.29) is 31.8 Å². The number of methoxy groups -OCH3 is 1. The number of benzene rings is 3. The van der Waals surface area contributed by atoms with Crippen LogP contribution >= 0.6 is 0 Å². The van der Waals surface area contributed by atoms with Crippen LogP contribution in [0.5, 0.6) is 5.75 Å². The van der Waals surface area contributed by atoms with Crippen LogP contribution in [0.4, 0.5) is 5.69 Å². The highest BCUT2D eigenvalue weighted by Gasteiger charge is 2.43. The number of anilines is 1. The van der Waals surface area contributed by atoms with Gasteiger partial charge in [0.05, 0.1) is 19.4 Å². The monoisotopic (exact) mass is 537 g/mol. The molecule has 1 heterocycles. The summed E-state index contributed by atoms with van der Waals surface area (Å²) in [6.45, 7) is 2.00. The number of hydrogen-bond donors (Lipinski definition) is 2. The molecule has 200 valence electrons. The first-order valence-corrected chi connectivity index (χ1v) is 13.1. The number of hydrogen-bond acceptors (Lipinski definition) is 7. The summed E-state index contributed by atoms with van der Waals surface area (Å²) in [7, 11) is 1.50. The average molecular weight is 538 g/mol. The standard InChI is InChI=1S/C27H30N4O6S/c1-3-37-27(33)23(14-17-8-10-18(11-9-17)25(28)29)30-13-12-22(26(30)32)31(38(34)35)20-15-19-6-4-5-7-21(19)24(16-20)36-2/h4-11,15-16,22-23H,3,12-14H2,1-2H3,(H3,28,29)(H,34,35)/p-1. The van der Waals surface area contributed by atoms with Crippen LogP contribution in [0.15, 0.2) is 60.7 Å². The van der Waals surface area contributed by atoms with Crippen molar-refractivity contribution >= 4 is 45.4 Å². The van der Waals surface area contributed by atoms with Crippen LogP contribution in [0.3, 0.4) is 0 Å². The lowest BCUT2D eigenvalue weighted by Gasteiger charge is -2.33. The summed E-state index contributed by atoms with van der Waals surface area (Å²) in [5, 5.41) is 9.13. The van der Waals surface area contributed by atoms with Gasteiger partial charge in [0.25, 0.3) is 0 Å². The third kappa shape index (κ3) is 5.48. The Morgan fingerprint density at radius 2 is 1.95 bits per heavy atom. The van der Waals surface area contributed by atoms with E-state index >= 15 is 0 Å². The lowest BCUT2D eigenvalue weighted by atomic mass is 10.0. The van der Waals surface area contributed by atoms with Crippen molar-refractivity contribution in [2.75, 3.05) is 24.6 Å². The molecular weight excluding hydrogens is 508 g/mol. The molecular formula is C27H29N4O6S-. The van der Waals surface area contributed by atoms with Gasteiger partial charge in [-0.25, -0.2) is 4.79 Å². The second-order valence-corrected chi connectivity index (χ2v) is 9.66. The summed E-state index contributed by atoms with van der Waals surface area (Å²) in [6, 6.07) is 15.5. The molecule has 1 fully saturated rings. The first kappa shape index (κ1) is 27.1. The average Bonchev–Trinajstić information content (AvgIpc) is 3.27. The van der Waals surface area contributed by atoms with Crippen LogP contribution in [0.25, 0.3) is 10.8 Å². The number of amides is 1. The molecule has 3 aromatic rings. The van der Waals surface area contributed by atoms with E-state index in [0.717, 1.165) is 20.6 Å². The van der Waals surface area contributed by atoms with Crippen molar-refractivity contribution in [3.8, 4) is 5.75 Å². The van der Waals surface area contributed by atoms with Gasteiger partial charge in [0.2, 0.25) is 5.91 Å². The first-order valence-electron chi connectivity index (χ1n) is 12.1. The molecule has 10 nitrogen and oxygen atoms in total. The van der Waals surface area contributed by atoms with Crippen molar-refractivity contribution in [2.45, 2.75) is 31.8 Å². The topological polar surface area (TPSA) is 149 Å². The predicted molar refractivity (Wildman–Crippen MR) is 144 cm³/mol. The predicted octanol–water partition coefficient (Wildman–Crippen LogP) is 2.51. The minimum atomic E-state index is -2.77. The van der Waals surface area contributed by atoms with E-state index in [9.17, 15) is 18.4 Å². The Balaban J connectivity index is 1.65. The van der Waals surface area contributed by atoms with Crippen LogP contribution in [0.2, 0.25) is 0 Å². The molecule has 38 heavy (non-hydrogen) atoms. The Morgan fingerprint density at radius 3 is 2.58 bits per heavy atom. The number of nitrogens with zero attached hydrogens (tertiary/aromatic N) is 2. The van der Waals surface area contributed by atoms with E-state index in [1.54, 1.807) is 43.3 Å². The van der Waals surface area contributed by atoms with Crippen LogP contribution in [0.1, 0.15) is 24.5 Å². The highest BCUT2D eigenvalue weighted by Crippen LogP contribution is 2.35. The molecule has 1 aliphatic rings. The van der Waals surface area contributed by atoms with E-state index in [0.29, 0.717) is 17.0 Å². The molecule has 0 bridgehead atoms. The molecule has 0 spiro atoms. The molecule has 3 atom stereocenters. The van der Waals surface area contributed by atoms with Crippen molar-refractivity contribution in [1.82, 2.24) is 4.90 Å². The Hall–Kier alpha value is -3.96. The maximum Gasteiger partial charge on any atom is 0.329 e. The molecule has 3 unspecified atom stereocenters. The normalized spacial score (nSPS) is 16.8. The van der Waals surface area contributed by atoms with E-state index < -0.39 is 35.2 Å². The van der Waals surface area contributed by atoms with Crippen LogP contribution < -0.4 is 14.8 Å². The summed E-state index contributed by atoms with van der Waals surface area (Å²) in [5.41, 5.74) is 7.11. The maximum absolute atomic E-state index is 13.7. The number of fused-ring (bicyclic) bond motifs is 1. The second kappa shape index (κ2) is 11.6. The quantitative estimate of drug-likeness (QED) is 0.175. The van der Waals surface area contributed by atoms with Crippen LogP contribution in [-0.4, -0.2) is 63.7 Å². The Labute approximate surface area is 223 Å². The van der Waals surface area contributed by atoms with E-state index in [2.05, 4.69) is 0 Å². The van der Waals surface area contributed by atoms with Crippen molar-refractivity contribution in [1.29, 1.82) is 5.41 Å². The largest absolute Gasteiger partial charge is 0.755 e. The number of likely N-dealkylation sites (tertiary alicyclic amines) is 1.